The second kappa shape index (κ2) is 11.7. The average Bonchev–Trinajstić information content (AvgIpc) is 3.43. The number of halogens is 1. The van der Waals surface area contributed by atoms with Crippen LogP contribution in [0, 0.1) is 0 Å². The molecule has 0 bridgehead atoms. The van der Waals surface area contributed by atoms with E-state index in [1.54, 1.807) is 7.05 Å². The molecule has 2 N–H and O–H groups in total. The SMILES string of the molecule is CNC(=O)Nc1ccc(-c2nc(N3CCOCC3)c3cnn(C4CCN(Cc5ccc(Cl)nc5)CC4)c3n2)cc1. The largest absolute Gasteiger partial charge is 0.378 e. The van der Waals surface area contributed by atoms with E-state index in [2.05, 4.69) is 30.1 Å². The summed E-state index contributed by atoms with van der Waals surface area (Å²) in [4.78, 5) is 30.7. The fourth-order valence-corrected chi connectivity index (χ4v) is 5.41. The fourth-order valence-electron chi connectivity index (χ4n) is 5.30. The van der Waals surface area contributed by atoms with Gasteiger partial charge in [0, 0.05) is 57.2 Å². The Bertz CT molecular complexity index is 1460. The molecular formula is C28H32ClN9O2. The molecule has 0 unspecified atom stereocenters. The van der Waals surface area contributed by atoms with E-state index >= 15 is 0 Å². The third kappa shape index (κ3) is 5.72. The number of amides is 2. The predicted molar refractivity (Wildman–Crippen MR) is 155 cm³/mol. The molecule has 12 heteroatoms. The predicted octanol–water partition coefficient (Wildman–Crippen LogP) is 3.97. The molecule has 6 rings (SSSR count). The first-order valence-corrected chi connectivity index (χ1v) is 13.9. The van der Waals surface area contributed by atoms with E-state index in [4.69, 9.17) is 31.4 Å². The Kier molecular flexibility index (Phi) is 7.76. The number of carbonyl (C=O) groups is 1. The molecule has 4 aromatic rings. The lowest BCUT2D eigenvalue weighted by Gasteiger charge is -2.32. The van der Waals surface area contributed by atoms with E-state index < -0.39 is 0 Å². The van der Waals surface area contributed by atoms with Crippen molar-refractivity contribution in [2.75, 3.05) is 56.7 Å². The highest BCUT2D eigenvalue weighted by Gasteiger charge is 2.26. The van der Waals surface area contributed by atoms with E-state index in [0.717, 1.165) is 73.5 Å². The lowest BCUT2D eigenvalue weighted by atomic mass is 10.0. The van der Waals surface area contributed by atoms with Gasteiger partial charge in [0.05, 0.1) is 30.8 Å². The van der Waals surface area contributed by atoms with Gasteiger partial charge in [0.1, 0.15) is 11.0 Å². The lowest BCUT2D eigenvalue weighted by molar-refractivity contribution is 0.122. The number of ether oxygens (including phenoxy) is 1. The normalized spacial score (nSPS) is 16.8. The van der Waals surface area contributed by atoms with Crippen molar-refractivity contribution >= 4 is 40.2 Å². The summed E-state index contributed by atoms with van der Waals surface area (Å²) in [5, 5.41) is 11.7. The van der Waals surface area contributed by atoms with Gasteiger partial charge in [-0.2, -0.15) is 5.10 Å². The number of nitrogens with one attached hydrogen (secondary N) is 2. The lowest BCUT2D eigenvalue weighted by Crippen LogP contribution is -2.37. The Morgan fingerprint density at radius 3 is 2.50 bits per heavy atom. The van der Waals surface area contributed by atoms with Gasteiger partial charge in [0.15, 0.2) is 11.5 Å². The van der Waals surface area contributed by atoms with Crippen LogP contribution in [0.2, 0.25) is 5.15 Å². The molecule has 1 aromatic carbocycles. The van der Waals surface area contributed by atoms with Crippen LogP contribution in [0.4, 0.5) is 16.3 Å². The van der Waals surface area contributed by atoms with E-state index in [-0.39, 0.29) is 12.1 Å². The summed E-state index contributed by atoms with van der Waals surface area (Å²) in [6.45, 7) is 5.64. The maximum atomic E-state index is 11.7. The molecule has 0 spiro atoms. The minimum absolute atomic E-state index is 0.247. The number of rotatable bonds is 6. The summed E-state index contributed by atoms with van der Waals surface area (Å²) in [6.07, 6.45) is 5.71. The summed E-state index contributed by atoms with van der Waals surface area (Å²) in [5.74, 6) is 1.52. The van der Waals surface area contributed by atoms with E-state index in [9.17, 15) is 4.79 Å². The summed E-state index contributed by atoms with van der Waals surface area (Å²) in [7, 11) is 1.59. The van der Waals surface area contributed by atoms with Crippen LogP contribution in [0.25, 0.3) is 22.4 Å². The first-order valence-electron chi connectivity index (χ1n) is 13.6. The second-order valence-corrected chi connectivity index (χ2v) is 10.5. The van der Waals surface area contributed by atoms with Crippen molar-refractivity contribution in [3.8, 4) is 11.4 Å². The Balaban J connectivity index is 1.27. The smallest absolute Gasteiger partial charge is 0.318 e. The van der Waals surface area contributed by atoms with Crippen LogP contribution in [0.5, 0.6) is 0 Å². The van der Waals surface area contributed by atoms with Crippen LogP contribution >= 0.6 is 11.6 Å². The number of benzene rings is 1. The highest BCUT2D eigenvalue weighted by molar-refractivity contribution is 6.29. The standard InChI is InChI=1S/C28H32ClN9O2/c1-30-28(39)33-21-5-3-20(4-6-21)25-34-26(37-12-14-40-15-13-37)23-17-32-38(27(23)35-25)22-8-10-36(11-9-22)18-19-2-7-24(29)31-16-19/h2-7,16-17,22H,8-15,18H2,1H3,(H2,30,33,39). The summed E-state index contributed by atoms with van der Waals surface area (Å²) in [5.41, 5.74) is 3.58. The van der Waals surface area contributed by atoms with Gasteiger partial charge in [0.2, 0.25) is 0 Å². The number of aromatic nitrogens is 5. The minimum Gasteiger partial charge on any atom is -0.378 e. The van der Waals surface area contributed by atoms with Crippen molar-refractivity contribution in [1.82, 2.24) is 34.9 Å². The molecule has 2 aliphatic heterocycles. The number of hydrogen-bond donors (Lipinski definition) is 2. The fraction of sp³-hybridized carbons (Fsp3) is 0.393. The Morgan fingerprint density at radius 2 is 1.80 bits per heavy atom. The summed E-state index contributed by atoms with van der Waals surface area (Å²) >= 11 is 5.95. The number of carbonyl (C=O) groups excluding carboxylic acids is 1. The zero-order chi connectivity index (χ0) is 27.5. The number of likely N-dealkylation sites (tertiary alicyclic amines) is 1. The van der Waals surface area contributed by atoms with Gasteiger partial charge in [-0.25, -0.2) is 24.4 Å². The molecule has 5 heterocycles. The first kappa shape index (κ1) is 26.4. The molecule has 208 valence electrons. The van der Waals surface area contributed by atoms with Gasteiger partial charge in [0.25, 0.3) is 0 Å². The molecule has 2 saturated heterocycles. The maximum Gasteiger partial charge on any atom is 0.318 e. The molecular weight excluding hydrogens is 530 g/mol. The van der Waals surface area contributed by atoms with Crippen molar-refractivity contribution < 1.29 is 9.53 Å². The van der Waals surface area contributed by atoms with Gasteiger partial charge in [-0.3, -0.25) is 4.90 Å². The molecule has 11 nitrogen and oxygen atoms in total. The highest BCUT2D eigenvalue weighted by atomic mass is 35.5. The Morgan fingerprint density at radius 1 is 1.02 bits per heavy atom. The molecule has 3 aromatic heterocycles. The van der Waals surface area contributed by atoms with E-state index in [1.165, 1.54) is 0 Å². The van der Waals surface area contributed by atoms with E-state index in [1.807, 2.05) is 48.8 Å². The van der Waals surface area contributed by atoms with Crippen LogP contribution in [0.1, 0.15) is 24.4 Å². The first-order chi connectivity index (χ1) is 19.6. The number of anilines is 2. The van der Waals surface area contributed by atoms with Gasteiger partial charge in [-0.1, -0.05) is 17.7 Å². The molecule has 2 aliphatic rings. The third-order valence-corrected chi connectivity index (χ3v) is 7.69. The van der Waals surface area contributed by atoms with Gasteiger partial charge < -0.3 is 20.3 Å². The Labute approximate surface area is 237 Å². The quantitative estimate of drug-likeness (QED) is 0.340. The van der Waals surface area contributed by atoms with Crippen molar-refractivity contribution in [1.29, 1.82) is 0 Å². The molecule has 2 fully saturated rings. The zero-order valence-corrected chi connectivity index (χ0v) is 23.1. The van der Waals surface area contributed by atoms with Gasteiger partial charge in [-0.15, -0.1) is 0 Å². The number of piperidine rings is 1. The number of nitrogens with zero attached hydrogens (tertiary/aromatic N) is 7. The summed E-state index contributed by atoms with van der Waals surface area (Å²) in [6, 6.07) is 11.4. The number of hydrogen-bond acceptors (Lipinski definition) is 8. The molecule has 0 aliphatic carbocycles. The topological polar surface area (TPSA) is 113 Å². The van der Waals surface area contributed by atoms with Crippen molar-refractivity contribution in [3.05, 3.63) is 59.5 Å². The van der Waals surface area contributed by atoms with Crippen molar-refractivity contribution in [2.45, 2.75) is 25.4 Å². The van der Waals surface area contributed by atoms with Gasteiger partial charge in [-0.05, 0) is 48.7 Å². The molecule has 0 radical (unpaired) electrons. The Hall–Kier alpha value is -3.80. The van der Waals surface area contributed by atoms with Crippen LogP contribution in [-0.4, -0.2) is 82.1 Å². The summed E-state index contributed by atoms with van der Waals surface area (Å²) < 4.78 is 7.69. The van der Waals surface area contributed by atoms with Gasteiger partial charge >= 0.3 is 6.03 Å². The van der Waals surface area contributed by atoms with Crippen LogP contribution in [0.3, 0.4) is 0 Å². The van der Waals surface area contributed by atoms with Crippen molar-refractivity contribution in [3.63, 3.8) is 0 Å². The zero-order valence-electron chi connectivity index (χ0n) is 22.4. The molecule has 0 saturated carbocycles. The van der Waals surface area contributed by atoms with Crippen LogP contribution in [-0.2, 0) is 11.3 Å². The second-order valence-electron chi connectivity index (χ2n) is 10.1. The minimum atomic E-state index is -0.264. The molecule has 40 heavy (non-hydrogen) atoms. The number of pyridine rings is 1. The monoisotopic (exact) mass is 561 g/mol. The number of fused-ring (bicyclic) bond motifs is 1. The maximum absolute atomic E-state index is 11.7. The number of morpholine rings is 1. The number of urea groups is 1. The van der Waals surface area contributed by atoms with E-state index in [0.29, 0.717) is 29.9 Å². The van der Waals surface area contributed by atoms with Crippen LogP contribution in [0.15, 0.2) is 48.8 Å². The average molecular weight is 562 g/mol. The molecule has 0 atom stereocenters. The highest BCUT2D eigenvalue weighted by Crippen LogP contribution is 2.32. The third-order valence-electron chi connectivity index (χ3n) is 7.47. The molecule has 2 amide bonds. The van der Waals surface area contributed by atoms with Crippen LogP contribution < -0.4 is 15.5 Å². The van der Waals surface area contributed by atoms with Crippen molar-refractivity contribution in [2.24, 2.45) is 0 Å².